The molecule has 1 rings (SSSR count). The Labute approximate surface area is 152 Å². The van der Waals surface area contributed by atoms with E-state index in [1.807, 2.05) is 38.1 Å². The lowest BCUT2D eigenvalue weighted by molar-refractivity contribution is 0.0727. The zero-order chi connectivity index (χ0) is 19.5. The van der Waals surface area contributed by atoms with E-state index in [1.165, 1.54) is 0 Å². The van der Waals surface area contributed by atoms with Gasteiger partial charge in [0.25, 0.3) is 0 Å². The van der Waals surface area contributed by atoms with E-state index in [4.69, 9.17) is 10.5 Å². The van der Waals surface area contributed by atoms with Gasteiger partial charge in [0.15, 0.2) is 6.10 Å². The monoisotopic (exact) mass is 372 g/mol. The van der Waals surface area contributed by atoms with Crippen molar-refractivity contribution in [2.45, 2.75) is 38.5 Å². The van der Waals surface area contributed by atoms with Crippen molar-refractivity contribution in [3.05, 3.63) is 35.9 Å². The molecule has 5 nitrogen and oxygen atoms in total. The van der Waals surface area contributed by atoms with Crippen LogP contribution in [0.15, 0.2) is 45.9 Å². The summed E-state index contributed by atoms with van der Waals surface area (Å²) in [5.41, 5.74) is 6.42. The minimum atomic E-state index is -1.31. The van der Waals surface area contributed by atoms with E-state index < -0.39 is 26.1 Å². The average Bonchev–Trinajstić information content (AvgIpc) is 2.99. The second kappa shape index (κ2) is 11.4. The molecule has 2 N–H and O–H groups in total. The molecule has 0 bridgehead atoms. The molecule has 146 valence electrons. The number of aliphatic imine (C=N–C) groups is 2. The molecule has 0 aromatic carbocycles. The fraction of sp³-hybridized carbons (Fsp3) is 0.556. The van der Waals surface area contributed by atoms with Crippen LogP contribution in [0.3, 0.4) is 0 Å². The Balaban J connectivity index is 3.16. The molecule has 0 aromatic rings. The van der Waals surface area contributed by atoms with E-state index in [0.29, 0.717) is 6.42 Å². The highest BCUT2D eigenvalue weighted by Crippen LogP contribution is 2.21. The maximum Gasteiger partial charge on any atom is 0.155 e. The van der Waals surface area contributed by atoms with Crippen LogP contribution in [-0.4, -0.2) is 62.2 Å². The van der Waals surface area contributed by atoms with Crippen molar-refractivity contribution in [2.75, 3.05) is 27.1 Å². The molecule has 0 fully saturated rings. The Morgan fingerprint density at radius 3 is 2.54 bits per heavy atom. The van der Waals surface area contributed by atoms with Gasteiger partial charge in [-0.25, -0.2) is 18.2 Å². The Bertz CT molecular complexity index is 583. The lowest BCUT2D eigenvalue weighted by Gasteiger charge is -2.24. The number of nitrogens with zero attached hydrogens (tertiary/aromatic N) is 3. The minimum Gasteiger partial charge on any atom is -0.483 e. The van der Waals surface area contributed by atoms with Crippen LogP contribution in [0.25, 0.3) is 0 Å². The fourth-order valence-electron chi connectivity index (χ4n) is 2.52. The van der Waals surface area contributed by atoms with E-state index in [2.05, 4.69) is 9.98 Å². The largest absolute Gasteiger partial charge is 0.483 e. The summed E-state index contributed by atoms with van der Waals surface area (Å²) in [6.07, 6.45) is 7.44. The molecule has 1 aliphatic rings. The number of likely N-dealkylation sites (N-methyl/N-ethyl adjacent to an activating group) is 1. The molecule has 0 aromatic heterocycles. The Morgan fingerprint density at radius 1 is 1.31 bits per heavy atom. The molecule has 0 saturated heterocycles. The topological polar surface area (TPSA) is 63.2 Å². The van der Waals surface area contributed by atoms with E-state index in [-0.39, 0.29) is 29.4 Å². The summed E-state index contributed by atoms with van der Waals surface area (Å²) in [5.74, 6) is 0.222. The maximum atomic E-state index is 12.9. The van der Waals surface area contributed by atoms with Crippen LogP contribution in [0.1, 0.15) is 20.3 Å². The van der Waals surface area contributed by atoms with Gasteiger partial charge in [-0.05, 0) is 37.9 Å². The van der Waals surface area contributed by atoms with Crippen LogP contribution in [0.4, 0.5) is 13.2 Å². The van der Waals surface area contributed by atoms with Crippen LogP contribution >= 0.6 is 0 Å². The van der Waals surface area contributed by atoms with Gasteiger partial charge in [0.05, 0.1) is 6.04 Å². The molecule has 26 heavy (non-hydrogen) atoms. The fourth-order valence-corrected chi connectivity index (χ4v) is 2.52. The van der Waals surface area contributed by atoms with Gasteiger partial charge in [-0.15, -0.1) is 0 Å². The summed E-state index contributed by atoms with van der Waals surface area (Å²) in [6.45, 7) is 0.754. The standard InChI is InChI=1S/C18H27F3N4O/c1-4-6-14(16(7-9-19)26-13(11-20)12-21)24-18(22)17-15(23-5-2)8-10-25(17)3/h5-8,10,13,15,17H,4,9,11-12H2,1-3H3,(H2,22,24)/b14-6+,16-7+,23-5?. The highest BCUT2D eigenvalue weighted by atomic mass is 19.1. The Kier molecular flexibility index (Phi) is 9.54. The van der Waals surface area contributed by atoms with E-state index >= 15 is 0 Å². The smallest absolute Gasteiger partial charge is 0.155 e. The number of amidine groups is 1. The van der Waals surface area contributed by atoms with Crippen molar-refractivity contribution in [3.8, 4) is 0 Å². The van der Waals surface area contributed by atoms with Gasteiger partial charge in [0.2, 0.25) is 0 Å². The number of hydrogen-bond acceptors (Lipinski definition) is 4. The lowest BCUT2D eigenvalue weighted by atomic mass is 10.1. The Hall–Kier alpha value is -2.25. The molecule has 2 unspecified atom stereocenters. The van der Waals surface area contributed by atoms with Crippen molar-refractivity contribution < 1.29 is 17.9 Å². The number of ether oxygens (including phenoxy) is 1. The average molecular weight is 372 g/mol. The van der Waals surface area contributed by atoms with Crippen molar-refractivity contribution in [1.29, 1.82) is 0 Å². The first-order chi connectivity index (χ1) is 12.5. The van der Waals surface area contributed by atoms with Crippen LogP contribution in [0.2, 0.25) is 0 Å². The number of nitrogens with two attached hydrogens (primary N) is 1. The Morgan fingerprint density at radius 2 is 2.00 bits per heavy atom. The molecule has 1 aliphatic heterocycles. The minimum absolute atomic E-state index is 0.0262. The first kappa shape index (κ1) is 21.8. The van der Waals surface area contributed by atoms with Gasteiger partial charge in [-0.2, -0.15) is 0 Å². The molecule has 0 spiro atoms. The summed E-state index contributed by atoms with van der Waals surface area (Å²) in [4.78, 5) is 10.6. The summed E-state index contributed by atoms with van der Waals surface area (Å²) in [6, 6.07) is -0.508. The van der Waals surface area contributed by atoms with Crippen LogP contribution in [0.5, 0.6) is 0 Å². The predicted molar refractivity (Wildman–Crippen MR) is 99.5 cm³/mol. The maximum absolute atomic E-state index is 12.9. The normalized spacial score (nSPS) is 22.1. The number of alkyl halides is 3. The van der Waals surface area contributed by atoms with Crippen molar-refractivity contribution >= 4 is 12.1 Å². The summed E-state index contributed by atoms with van der Waals surface area (Å²) >= 11 is 0. The summed E-state index contributed by atoms with van der Waals surface area (Å²) in [5, 5.41) is 0. The van der Waals surface area contributed by atoms with Crippen LogP contribution in [-0.2, 0) is 4.74 Å². The second-order valence-corrected chi connectivity index (χ2v) is 5.66. The zero-order valence-corrected chi connectivity index (χ0v) is 15.4. The highest BCUT2D eigenvalue weighted by molar-refractivity contribution is 5.89. The van der Waals surface area contributed by atoms with Gasteiger partial charge in [0, 0.05) is 7.05 Å². The van der Waals surface area contributed by atoms with Crippen molar-refractivity contribution in [1.82, 2.24) is 4.90 Å². The van der Waals surface area contributed by atoms with E-state index in [9.17, 15) is 13.2 Å². The first-order valence-corrected chi connectivity index (χ1v) is 8.49. The zero-order valence-electron chi connectivity index (χ0n) is 15.4. The quantitative estimate of drug-likeness (QED) is 0.277. The third-order valence-corrected chi connectivity index (χ3v) is 3.70. The molecular formula is C18H27F3N4O. The van der Waals surface area contributed by atoms with Gasteiger partial charge >= 0.3 is 0 Å². The molecule has 1 heterocycles. The van der Waals surface area contributed by atoms with Gasteiger partial charge in [0.1, 0.15) is 43.4 Å². The van der Waals surface area contributed by atoms with Crippen LogP contribution in [0, 0.1) is 0 Å². The summed E-state index contributed by atoms with van der Waals surface area (Å²) in [7, 11) is 1.84. The van der Waals surface area contributed by atoms with Gasteiger partial charge < -0.3 is 15.4 Å². The molecule has 0 radical (unpaired) electrons. The predicted octanol–water partition coefficient (Wildman–Crippen LogP) is 3.10. The molecule has 0 aliphatic carbocycles. The number of hydrogen-bond donors (Lipinski definition) is 1. The van der Waals surface area contributed by atoms with E-state index in [0.717, 1.165) is 6.08 Å². The summed E-state index contributed by atoms with van der Waals surface area (Å²) < 4.78 is 43.7. The van der Waals surface area contributed by atoms with Gasteiger partial charge in [-0.3, -0.25) is 4.99 Å². The SMILES string of the molecule is CC=NC1C=CN(C)C1C(N)=NC(=C/CC)/C(=C\CF)OC(CF)CF. The van der Waals surface area contributed by atoms with Gasteiger partial charge in [-0.1, -0.05) is 13.0 Å². The lowest BCUT2D eigenvalue weighted by Crippen LogP contribution is -2.43. The molecular weight excluding hydrogens is 345 g/mol. The number of rotatable bonds is 10. The third-order valence-electron chi connectivity index (χ3n) is 3.70. The van der Waals surface area contributed by atoms with Crippen molar-refractivity contribution in [2.24, 2.45) is 15.7 Å². The molecule has 2 atom stereocenters. The molecule has 0 amide bonds. The number of halogens is 3. The third kappa shape index (κ3) is 5.93. The molecule has 8 heteroatoms. The highest BCUT2D eigenvalue weighted by Gasteiger charge is 2.30. The first-order valence-electron chi connectivity index (χ1n) is 8.49. The number of allylic oxidation sites excluding steroid dienone is 2. The van der Waals surface area contributed by atoms with E-state index in [1.54, 1.807) is 12.3 Å². The van der Waals surface area contributed by atoms with Crippen molar-refractivity contribution in [3.63, 3.8) is 0 Å². The second-order valence-electron chi connectivity index (χ2n) is 5.66. The molecule has 0 saturated carbocycles. The van der Waals surface area contributed by atoms with Crippen LogP contribution < -0.4 is 5.73 Å².